The molecule has 4 aliphatic rings. The highest BCUT2D eigenvalue weighted by Crippen LogP contribution is 2.62. The number of oxime groups is 1. The summed E-state index contributed by atoms with van der Waals surface area (Å²) in [5.41, 5.74) is 4.23. The summed E-state index contributed by atoms with van der Waals surface area (Å²) in [6.45, 7) is 11.2. The molecular weight excluding hydrogens is 795 g/mol. The van der Waals surface area contributed by atoms with Crippen LogP contribution in [0.5, 0.6) is 11.5 Å². The van der Waals surface area contributed by atoms with E-state index in [0.717, 1.165) is 61.0 Å². The van der Waals surface area contributed by atoms with E-state index in [1.54, 1.807) is 17.1 Å². The molecule has 340 valence electrons. The number of unbranched alkanes of at least 4 members (excludes halogenated alkanes) is 2. The molecule has 0 spiro atoms. The van der Waals surface area contributed by atoms with Gasteiger partial charge in [0.2, 0.25) is 12.1 Å². The minimum absolute atomic E-state index is 0.0283. The molecule has 1 aromatic carbocycles. The van der Waals surface area contributed by atoms with Gasteiger partial charge in [-0.05, 0) is 99.6 Å². The number of allylic oxidation sites excluding steroid dienone is 1. The zero-order valence-electron chi connectivity index (χ0n) is 36.4. The Morgan fingerprint density at radius 2 is 1.85 bits per heavy atom. The van der Waals surface area contributed by atoms with Crippen LogP contribution in [0.25, 0.3) is 0 Å². The standard InChI is InChI=1S/C48H67N3O11/c1-4-6-26-58-47(55)51(21-28-56-29-24-54)43-32-41(50-62-44-18-9-12-27-57-44)39-30-35(15-7-10-22-52)38(17-8-11-23-53)45-40-31-37(59-33-36-16-13-14-34(3)49-36)19-20-42(40)61-48(43,46(39)45)60-25-5-2/h4-5,13-14,16,19-20,30-31,35,38,43-46,52-54H,1-2,6-12,15,17-18,21-29,32-33H2,3H3/t35-,38+,43-,44?,45+,46+,48+/m0/s1. The highest BCUT2D eigenvalue weighted by molar-refractivity contribution is 6.03. The van der Waals surface area contributed by atoms with Gasteiger partial charge in [0.25, 0.3) is 0 Å². The summed E-state index contributed by atoms with van der Waals surface area (Å²) < 4.78 is 38.5. The van der Waals surface area contributed by atoms with E-state index in [9.17, 15) is 20.1 Å². The number of amides is 1. The Kier molecular flexibility index (Phi) is 18.2. The zero-order valence-corrected chi connectivity index (χ0v) is 36.4. The second-order valence-corrected chi connectivity index (χ2v) is 16.5. The van der Waals surface area contributed by atoms with E-state index in [0.29, 0.717) is 49.5 Å². The molecular formula is C48H67N3O11. The maximum atomic E-state index is 14.4. The molecule has 7 atom stereocenters. The van der Waals surface area contributed by atoms with Crippen molar-refractivity contribution in [1.29, 1.82) is 0 Å². The van der Waals surface area contributed by atoms with Crippen LogP contribution in [0.15, 0.2) is 78.5 Å². The lowest BCUT2D eigenvalue weighted by Gasteiger charge is -2.59. The van der Waals surface area contributed by atoms with Crippen LogP contribution in [0.4, 0.5) is 4.79 Å². The molecule has 3 N–H and O–H groups in total. The average Bonchev–Trinajstić information content (AvgIpc) is 3.28. The molecule has 2 aromatic rings. The van der Waals surface area contributed by atoms with Crippen LogP contribution < -0.4 is 9.47 Å². The van der Waals surface area contributed by atoms with Crippen LogP contribution in [0.2, 0.25) is 0 Å². The molecule has 14 heteroatoms. The van der Waals surface area contributed by atoms with Crippen molar-refractivity contribution in [3.8, 4) is 11.5 Å². The van der Waals surface area contributed by atoms with Crippen LogP contribution in [0.1, 0.15) is 93.5 Å². The number of hydrogen-bond donors (Lipinski definition) is 3. The van der Waals surface area contributed by atoms with Crippen molar-refractivity contribution in [2.45, 2.75) is 108 Å². The number of pyridine rings is 1. The van der Waals surface area contributed by atoms with Crippen molar-refractivity contribution in [2.24, 2.45) is 22.9 Å². The number of aliphatic hydroxyl groups excluding tert-OH is 3. The molecule has 2 fully saturated rings. The first-order valence-electron chi connectivity index (χ1n) is 22.5. The van der Waals surface area contributed by atoms with Crippen LogP contribution in [-0.2, 0) is 30.4 Å². The van der Waals surface area contributed by atoms with Gasteiger partial charge in [-0.15, -0.1) is 13.2 Å². The van der Waals surface area contributed by atoms with E-state index >= 15 is 0 Å². The van der Waals surface area contributed by atoms with Crippen molar-refractivity contribution < 1.29 is 53.4 Å². The molecule has 2 aliphatic heterocycles. The maximum absolute atomic E-state index is 14.4. The van der Waals surface area contributed by atoms with E-state index < -0.39 is 30.1 Å². The molecule has 62 heavy (non-hydrogen) atoms. The minimum atomic E-state index is -1.48. The third kappa shape index (κ3) is 11.6. The average molecular weight is 862 g/mol. The number of nitrogens with zero attached hydrogens (tertiary/aromatic N) is 3. The number of benzene rings is 1. The highest BCUT2D eigenvalue weighted by atomic mass is 16.8. The molecule has 1 saturated heterocycles. The van der Waals surface area contributed by atoms with Gasteiger partial charge in [0, 0.05) is 49.8 Å². The van der Waals surface area contributed by atoms with E-state index in [-0.39, 0.29) is 83.6 Å². The van der Waals surface area contributed by atoms with Gasteiger partial charge in [-0.2, -0.15) is 0 Å². The Bertz CT molecular complexity index is 1820. The van der Waals surface area contributed by atoms with Gasteiger partial charge in [-0.1, -0.05) is 42.3 Å². The summed E-state index contributed by atoms with van der Waals surface area (Å²) in [6.07, 6.45) is 12.4. The van der Waals surface area contributed by atoms with E-state index in [1.807, 2.05) is 37.3 Å². The number of carbonyl (C=O) groups is 1. The summed E-state index contributed by atoms with van der Waals surface area (Å²) in [5, 5.41) is 34.4. The van der Waals surface area contributed by atoms with Gasteiger partial charge in [-0.3, -0.25) is 9.88 Å². The smallest absolute Gasteiger partial charge is 0.410 e. The normalized spacial score (nSPS) is 25.7. The van der Waals surface area contributed by atoms with Gasteiger partial charge in [0.05, 0.1) is 57.0 Å². The van der Waals surface area contributed by atoms with Crippen molar-refractivity contribution >= 4 is 11.8 Å². The number of carbonyl (C=O) groups excluding carboxylic acids is 1. The van der Waals surface area contributed by atoms with Gasteiger partial charge < -0.3 is 48.6 Å². The number of aliphatic hydroxyl groups is 3. The largest absolute Gasteiger partial charge is 0.487 e. The van der Waals surface area contributed by atoms with Gasteiger partial charge >= 0.3 is 6.09 Å². The van der Waals surface area contributed by atoms with Gasteiger partial charge in [-0.25, -0.2) is 4.79 Å². The van der Waals surface area contributed by atoms with Crippen LogP contribution in [-0.4, -0.2) is 115 Å². The van der Waals surface area contributed by atoms with Crippen molar-refractivity contribution in [3.63, 3.8) is 0 Å². The number of ether oxygens (including phenoxy) is 6. The Hall–Kier alpha value is -4.31. The first kappa shape index (κ1) is 47.2. The van der Waals surface area contributed by atoms with E-state index in [2.05, 4.69) is 30.3 Å². The Morgan fingerprint density at radius 1 is 1.02 bits per heavy atom. The van der Waals surface area contributed by atoms with Gasteiger partial charge in [0.15, 0.2) is 0 Å². The lowest BCUT2D eigenvalue weighted by molar-refractivity contribution is -0.256. The second kappa shape index (κ2) is 23.9. The van der Waals surface area contributed by atoms with Crippen LogP contribution in [0.3, 0.4) is 0 Å². The fraction of sp³-hybridized carbons (Fsp3) is 0.604. The van der Waals surface area contributed by atoms with Crippen LogP contribution >= 0.6 is 0 Å². The molecule has 3 heterocycles. The molecule has 2 aliphatic carbocycles. The van der Waals surface area contributed by atoms with Crippen molar-refractivity contribution in [1.82, 2.24) is 9.88 Å². The summed E-state index contributed by atoms with van der Waals surface area (Å²) in [7, 11) is 0. The first-order chi connectivity index (χ1) is 30.4. The molecule has 14 nitrogen and oxygen atoms in total. The first-order valence-corrected chi connectivity index (χ1v) is 22.5. The second-order valence-electron chi connectivity index (χ2n) is 16.5. The van der Waals surface area contributed by atoms with Gasteiger partial charge in [0.1, 0.15) is 24.1 Å². The zero-order chi connectivity index (χ0) is 43.7. The SMILES string of the molecule is C=CCCOC(=O)N(CCOCCO)[C@H]1CC(=NOC2CCCCO2)C2=C[C@H](CCCCO)[C@@H](CCCCO)[C@@H]3c4cc(OCc5cccc(C)n5)ccc4O[C@@]1(OCC=C)[C@H]23. The Labute approximate surface area is 366 Å². The lowest BCUT2D eigenvalue weighted by atomic mass is 9.55. The third-order valence-electron chi connectivity index (χ3n) is 12.3. The Balaban J connectivity index is 1.55. The molecule has 0 bridgehead atoms. The number of rotatable bonds is 25. The topological polar surface area (TPSA) is 171 Å². The quantitative estimate of drug-likeness (QED) is 0.0524. The number of fused-ring (bicyclic) bond motifs is 2. The summed E-state index contributed by atoms with van der Waals surface area (Å²) >= 11 is 0. The highest BCUT2D eigenvalue weighted by Gasteiger charge is 2.65. The molecule has 1 unspecified atom stereocenters. The predicted octanol–water partition coefficient (Wildman–Crippen LogP) is 7.15. The molecule has 1 saturated carbocycles. The summed E-state index contributed by atoms with van der Waals surface area (Å²) in [4.78, 5) is 26.9. The molecule has 1 aromatic heterocycles. The number of aryl methyl sites for hydroxylation is 1. The fourth-order valence-electron chi connectivity index (χ4n) is 9.51. The maximum Gasteiger partial charge on any atom is 0.410 e. The van der Waals surface area contributed by atoms with E-state index in [4.69, 9.17) is 38.4 Å². The monoisotopic (exact) mass is 861 g/mol. The molecule has 1 amide bonds. The molecule has 0 radical (unpaired) electrons. The molecule has 6 rings (SSSR count). The fourth-order valence-corrected chi connectivity index (χ4v) is 9.51. The third-order valence-corrected chi connectivity index (χ3v) is 12.3. The Morgan fingerprint density at radius 3 is 2.60 bits per heavy atom. The predicted molar refractivity (Wildman–Crippen MR) is 234 cm³/mol. The number of aromatic nitrogens is 1. The lowest BCUT2D eigenvalue weighted by Crippen LogP contribution is -2.70. The minimum Gasteiger partial charge on any atom is -0.487 e. The summed E-state index contributed by atoms with van der Waals surface area (Å²) in [5.74, 6) is -0.902. The number of hydrogen-bond acceptors (Lipinski definition) is 13. The van der Waals surface area contributed by atoms with Crippen molar-refractivity contribution in [2.75, 3.05) is 59.4 Å². The van der Waals surface area contributed by atoms with Crippen LogP contribution in [0, 0.1) is 24.7 Å². The summed E-state index contributed by atoms with van der Waals surface area (Å²) in [6, 6.07) is 10.9. The van der Waals surface area contributed by atoms with E-state index in [1.165, 1.54) is 0 Å². The van der Waals surface area contributed by atoms with Crippen molar-refractivity contribution in [3.05, 3.63) is 90.3 Å².